The van der Waals surface area contributed by atoms with Gasteiger partial charge in [-0.25, -0.2) is 9.78 Å². The van der Waals surface area contributed by atoms with Gasteiger partial charge in [-0.05, 0) is 69.6 Å². The van der Waals surface area contributed by atoms with Gasteiger partial charge in [-0.3, -0.25) is 0 Å². The van der Waals surface area contributed by atoms with Gasteiger partial charge >= 0.3 is 6.03 Å². The van der Waals surface area contributed by atoms with E-state index >= 15 is 0 Å². The smallest absolute Gasteiger partial charge is 0.317 e. The molecule has 1 aliphatic heterocycles. The molecule has 1 atom stereocenters. The molecule has 1 saturated heterocycles. The minimum atomic E-state index is -0.283. The number of nitrogens with one attached hydrogen (secondary N) is 1. The fourth-order valence-electron chi connectivity index (χ4n) is 3.48. The Labute approximate surface area is 188 Å². The molecule has 158 valence electrons. The van der Waals surface area contributed by atoms with E-state index in [1.165, 1.54) is 0 Å². The van der Waals surface area contributed by atoms with Crippen LogP contribution in [0.3, 0.4) is 0 Å². The molecule has 1 N–H and O–H groups in total. The monoisotopic (exact) mass is 444 g/mol. The van der Waals surface area contributed by atoms with Crippen molar-refractivity contribution in [1.82, 2.24) is 20.1 Å². The van der Waals surface area contributed by atoms with Gasteiger partial charge in [-0.15, -0.1) is 0 Å². The van der Waals surface area contributed by atoms with Gasteiger partial charge in [-0.2, -0.15) is 0 Å². The van der Waals surface area contributed by atoms with Crippen molar-refractivity contribution in [2.24, 2.45) is 0 Å². The highest BCUT2D eigenvalue weighted by atomic mass is 35.5. The number of benzene rings is 1. The first-order chi connectivity index (χ1) is 14.4. The molecular formula is C23H26Cl2N4O. The third-order valence-corrected chi connectivity index (χ3v) is 6.36. The fraction of sp³-hybridized carbons (Fsp3) is 0.391. The highest BCUT2D eigenvalue weighted by Crippen LogP contribution is 2.33. The van der Waals surface area contributed by atoms with E-state index in [1.807, 2.05) is 44.3 Å². The normalized spacial score (nSPS) is 15.8. The van der Waals surface area contributed by atoms with Crippen molar-refractivity contribution in [3.63, 3.8) is 0 Å². The summed E-state index contributed by atoms with van der Waals surface area (Å²) in [5.74, 6) is 5.99. The molecule has 7 heteroatoms. The second-order valence-corrected chi connectivity index (χ2v) is 8.37. The van der Waals surface area contributed by atoms with Crippen LogP contribution < -0.4 is 5.32 Å². The summed E-state index contributed by atoms with van der Waals surface area (Å²) in [6.45, 7) is 3.90. The molecule has 2 aromatic rings. The molecule has 1 fully saturated rings. The van der Waals surface area contributed by atoms with Crippen molar-refractivity contribution in [3.05, 3.63) is 63.4 Å². The number of urea groups is 1. The predicted molar refractivity (Wildman–Crippen MR) is 122 cm³/mol. The summed E-state index contributed by atoms with van der Waals surface area (Å²) in [5.41, 5.74) is 2.04. The molecule has 30 heavy (non-hydrogen) atoms. The number of pyridine rings is 1. The number of aromatic nitrogens is 1. The lowest BCUT2D eigenvalue weighted by molar-refractivity contribution is 0.146. The third-order valence-electron chi connectivity index (χ3n) is 5.46. The van der Waals surface area contributed by atoms with Gasteiger partial charge in [0.2, 0.25) is 0 Å². The molecule has 0 spiro atoms. The maximum absolute atomic E-state index is 12.7. The van der Waals surface area contributed by atoms with Gasteiger partial charge in [0.15, 0.2) is 0 Å². The van der Waals surface area contributed by atoms with Crippen LogP contribution in [0.25, 0.3) is 0 Å². The molecule has 1 aromatic carbocycles. The van der Waals surface area contributed by atoms with E-state index in [9.17, 15) is 4.79 Å². The van der Waals surface area contributed by atoms with Crippen molar-refractivity contribution < 1.29 is 4.79 Å². The molecule has 1 unspecified atom stereocenters. The molecular weight excluding hydrogens is 419 g/mol. The Hall–Kier alpha value is -2.26. The number of nitrogens with zero attached hydrogens (tertiary/aromatic N) is 3. The number of carbonyl (C=O) groups is 1. The number of amides is 2. The minimum Gasteiger partial charge on any atom is -0.331 e. The molecule has 0 aliphatic carbocycles. The second-order valence-electron chi connectivity index (χ2n) is 7.61. The Morgan fingerprint density at radius 3 is 2.60 bits per heavy atom. The lowest BCUT2D eigenvalue weighted by atomic mass is 10.0. The molecule has 0 saturated carbocycles. The highest BCUT2D eigenvalue weighted by molar-refractivity contribution is 6.43. The topological polar surface area (TPSA) is 48.5 Å². The molecule has 5 nitrogen and oxygen atoms in total. The maximum atomic E-state index is 12.7. The van der Waals surface area contributed by atoms with Gasteiger partial charge in [0.05, 0.1) is 16.1 Å². The molecule has 0 bridgehead atoms. The van der Waals surface area contributed by atoms with Gasteiger partial charge in [0, 0.05) is 24.8 Å². The maximum Gasteiger partial charge on any atom is 0.317 e. The molecule has 1 aliphatic rings. The van der Waals surface area contributed by atoms with E-state index in [0.29, 0.717) is 21.3 Å². The number of hydrogen-bond acceptors (Lipinski definition) is 3. The summed E-state index contributed by atoms with van der Waals surface area (Å²) in [6.07, 6.45) is 3.64. The van der Waals surface area contributed by atoms with Crippen LogP contribution in [0.4, 0.5) is 4.79 Å². The second kappa shape index (κ2) is 10.2. The van der Waals surface area contributed by atoms with E-state index in [4.69, 9.17) is 23.2 Å². The van der Waals surface area contributed by atoms with Gasteiger partial charge in [0.1, 0.15) is 5.69 Å². The number of rotatable bonds is 3. The molecule has 3 rings (SSSR count). The van der Waals surface area contributed by atoms with Crippen molar-refractivity contribution in [3.8, 4) is 11.8 Å². The first kappa shape index (κ1) is 22.4. The summed E-state index contributed by atoms with van der Waals surface area (Å²) in [7, 11) is 3.96. The first-order valence-electron chi connectivity index (χ1n) is 9.99. The zero-order valence-electron chi connectivity index (χ0n) is 17.5. The number of hydrogen-bond donors (Lipinski definition) is 1. The first-order valence-corrected chi connectivity index (χ1v) is 10.7. The lowest BCUT2D eigenvalue weighted by Crippen LogP contribution is -2.48. The fourth-order valence-corrected chi connectivity index (χ4v) is 4.02. The van der Waals surface area contributed by atoms with Gasteiger partial charge < -0.3 is 15.1 Å². The van der Waals surface area contributed by atoms with Crippen LogP contribution in [0.2, 0.25) is 10.0 Å². The summed E-state index contributed by atoms with van der Waals surface area (Å²) < 4.78 is 0. The van der Waals surface area contributed by atoms with E-state index in [0.717, 1.165) is 31.5 Å². The van der Waals surface area contributed by atoms with Crippen LogP contribution in [0.5, 0.6) is 0 Å². The zero-order valence-corrected chi connectivity index (χ0v) is 19.0. The Morgan fingerprint density at radius 2 is 1.93 bits per heavy atom. The Kier molecular flexibility index (Phi) is 7.60. The molecule has 1 aromatic heterocycles. The van der Waals surface area contributed by atoms with Crippen LogP contribution in [-0.4, -0.2) is 54.0 Å². The van der Waals surface area contributed by atoms with Crippen LogP contribution in [0, 0.1) is 11.8 Å². The standard InChI is InChI=1S/C23H26Cl2N4O/c1-16(27-23(30)29(3)19-11-14-28(2)15-12-19)20-10-8-17(21(24)22(20)25)7-9-18-6-4-5-13-26-18/h4-6,8,10,13,16,19H,11-12,14-15H2,1-3H3,(H,27,30). The van der Waals surface area contributed by atoms with Crippen molar-refractivity contribution in [1.29, 1.82) is 0 Å². The SMILES string of the molecule is CC(NC(=O)N(C)C1CCN(C)CC1)c1ccc(C#Cc2ccccn2)c(Cl)c1Cl. The number of carbonyl (C=O) groups excluding carboxylic acids is 1. The van der Waals surface area contributed by atoms with Crippen LogP contribution >= 0.6 is 23.2 Å². The lowest BCUT2D eigenvalue weighted by Gasteiger charge is -2.35. The number of piperidine rings is 1. The summed E-state index contributed by atoms with van der Waals surface area (Å²) >= 11 is 13.0. The van der Waals surface area contributed by atoms with E-state index < -0.39 is 0 Å². The number of halogens is 2. The van der Waals surface area contributed by atoms with Crippen LogP contribution in [0.15, 0.2) is 36.5 Å². The Morgan fingerprint density at radius 1 is 1.20 bits per heavy atom. The van der Waals surface area contributed by atoms with Gasteiger partial charge in [-0.1, -0.05) is 41.3 Å². The number of likely N-dealkylation sites (tertiary alicyclic amines) is 1. The summed E-state index contributed by atoms with van der Waals surface area (Å²) in [5, 5.41) is 3.81. The average molecular weight is 445 g/mol. The largest absolute Gasteiger partial charge is 0.331 e. The summed E-state index contributed by atoms with van der Waals surface area (Å²) in [6, 6.07) is 9.08. The highest BCUT2D eigenvalue weighted by Gasteiger charge is 2.25. The quantitative estimate of drug-likeness (QED) is 0.704. The van der Waals surface area contributed by atoms with Gasteiger partial charge in [0.25, 0.3) is 0 Å². The van der Waals surface area contributed by atoms with E-state index in [1.54, 1.807) is 11.1 Å². The Bertz CT molecular complexity index is 947. The third kappa shape index (κ3) is 5.46. The van der Waals surface area contributed by atoms with E-state index in [2.05, 4.69) is 34.1 Å². The van der Waals surface area contributed by atoms with Crippen molar-refractivity contribution in [2.45, 2.75) is 31.8 Å². The van der Waals surface area contributed by atoms with Crippen molar-refractivity contribution >= 4 is 29.2 Å². The molecule has 0 radical (unpaired) electrons. The minimum absolute atomic E-state index is 0.108. The Balaban J connectivity index is 1.69. The van der Waals surface area contributed by atoms with Crippen molar-refractivity contribution in [2.75, 3.05) is 27.2 Å². The summed E-state index contributed by atoms with van der Waals surface area (Å²) in [4.78, 5) is 21.0. The van der Waals surface area contributed by atoms with Crippen LogP contribution in [-0.2, 0) is 0 Å². The molecule has 2 amide bonds. The average Bonchev–Trinajstić information content (AvgIpc) is 2.75. The predicted octanol–water partition coefficient (Wildman–Crippen LogP) is 4.58. The molecule has 2 heterocycles. The zero-order chi connectivity index (χ0) is 21.7. The van der Waals surface area contributed by atoms with E-state index in [-0.39, 0.29) is 18.1 Å². The van der Waals surface area contributed by atoms with Crippen LogP contribution in [0.1, 0.15) is 42.6 Å².